The Balaban J connectivity index is 2.37. The van der Waals surface area contributed by atoms with E-state index in [0.29, 0.717) is 13.0 Å². The molecule has 1 aliphatic heterocycles. The number of rotatable bonds is 1. The van der Waals surface area contributed by atoms with Crippen LogP contribution in [0.1, 0.15) is 27.2 Å². The van der Waals surface area contributed by atoms with Gasteiger partial charge in [0.15, 0.2) is 0 Å². The lowest BCUT2D eigenvalue weighted by Gasteiger charge is -2.32. The Kier molecular flexibility index (Phi) is 4.36. The van der Waals surface area contributed by atoms with Crippen LogP contribution in [0.5, 0.6) is 0 Å². The molecular weight excluding hydrogens is 367 g/mol. The summed E-state index contributed by atoms with van der Waals surface area (Å²) < 4.78 is 1.07. The molecule has 0 aromatic heterocycles. The number of anilines is 1. The van der Waals surface area contributed by atoms with E-state index in [0.717, 1.165) is 9.26 Å². The van der Waals surface area contributed by atoms with Crippen molar-refractivity contribution in [3.63, 3.8) is 0 Å². The van der Waals surface area contributed by atoms with Crippen molar-refractivity contribution in [2.45, 2.75) is 33.2 Å². The number of halogens is 1. The van der Waals surface area contributed by atoms with Gasteiger partial charge in [0.25, 0.3) is 0 Å². The Hall–Kier alpha value is -1.11. The fourth-order valence-electron chi connectivity index (χ4n) is 2.26. The topological polar surface area (TPSA) is 49.4 Å². The molecule has 2 rings (SSSR count). The van der Waals surface area contributed by atoms with E-state index >= 15 is 0 Å². The zero-order valence-electron chi connectivity index (χ0n) is 11.9. The number of hydrogen-bond donors (Lipinski definition) is 1. The molecule has 0 spiro atoms. The molecule has 4 nitrogen and oxygen atoms in total. The van der Waals surface area contributed by atoms with Crippen molar-refractivity contribution < 1.29 is 9.59 Å². The molecule has 0 bridgehead atoms. The lowest BCUT2D eigenvalue weighted by Crippen LogP contribution is -2.52. The van der Waals surface area contributed by atoms with Crippen molar-refractivity contribution in [1.29, 1.82) is 0 Å². The van der Waals surface area contributed by atoms with Crippen molar-refractivity contribution in [3.05, 3.63) is 27.8 Å². The van der Waals surface area contributed by atoms with E-state index in [2.05, 4.69) is 27.9 Å². The van der Waals surface area contributed by atoms with E-state index in [1.807, 2.05) is 45.0 Å². The minimum atomic E-state index is -0.490. The van der Waals surface area contributed by atoms with Crippen LogP contribution < -0.4 is 10.2 Å². The maximum atomic E-state index is 12.8. The molecule has 20 heavy (non-hydrogen) atoms. The Bertz CT molecular complexity index is 537. The van der Waals surface area contributed by atoms with Crippen LogP contribution in [0.15, 0.2) is 24.3 Å². The zero-order chi connectivity index (χ0) is 14.9. The first-order valence-electron chi connectivity index (χ1n) is 6.65. The average molecular weight is 386 g/mol. The molecule has 1 aromatic rings. The molecule has 1 N–H and O–H groups in total. The number of carbonyl (C=O) groups excluding carboxylic acids is 2. The van der Waals surface area contributed by atoms with Crippen molar-refractivity contribution in [3.8, 4) is 0 Å². The molecule has 1 unspecified atom stereocenters. The molecule has 1 heterocycles. The minimum absolute atomic E-state index is 0.0367. The summed E-state index contributed by atoms with van der Waals surface area (Å²) >= 11 is 2.22. The summed E-state index contributed by atoms with van der Waals surface area (Å²) in [4.78, 5) is 26.3. The van der Waals surface area contributed by atoms with Gasteiger partial charge in [-0.3, -0.25) is 9.59 Å². The lowest BCUT2D eigenvalue weighted by atomic mass is 9.86. The van der Waals surface area contributed by atoms with Crippen LogP contribution in [-0.2, 0) is 9.59 Å². The van der Waals surface area contributed by atoms with Crippen LogP contribution in [0.3, 0.4) is 0 Å². The van der Waals surface area contributed by atoms with Crippen LogP contribution in [-0.4, -0.2) is 24.4 Å². The quantitative estimate of drug-likeness (QED) is 0.755. The van der Waals surface area contributed by atoms with Crippen LogP contribution in [0.4, 0.5) is 5.69 Å². The van der Waals surface area contributed by atoms with Gasteiger partial charge in [-0.05, 0) is 46.2 Å². The van der Waals surface area contributed by atoms with E-state index in [1.165, 1.54) is 0 Å². The molecule has 1 aromatic carbocycles. The number of nitrogens with one attached hydrogen (secondary N) is 1. The molecule has 0 radical (unpaired) electrons. The van der Waals surface area contributed by atoms with Gasteiger partial charge in [0, 0.05) is 22.2 Å². The standard InChI is InChI=1S/C15H19IN2O2/c1-15(2,3)13-14(20)18(8-7-12(19)17-13)11-6-4-5-10(16)9-11/h4-6,9,13H,7-8H2,1-3H3,(H,17,19). The predicted octanol–water partition coefficient (Wildman–Crippen LogP) is 2.56. The van der Waals surface area contributed by atoms with Gasteiger partial charge in [-0.25, -0.2) is 0 Å². The molecule has 1 fully saturated rings. The summed E-state index contributed by atoms with van der Waals surface area (Å²) in [5, 5.41) is 2.85. The SMILES string of the molecule is CC(C)(C)C1NC(=O)CCN(c2cccc(I)c2)C1=O. The third kappa shape index (κ3) is 3.31. The first-order chi connectivity index (χ1) is 9.29. The van der Waals surface area contributed by atoms with Crippen LogP contribution >= 0.6 is 22.6 Å². The summed E-state index contributed by atoms with van der Waals surface area (Å²) in [7, 11) is 0. The Labute approximate surface area is 133 Å². The van der Waals surface area contributed by atoms with Crippen LogP contribution in [0, 0.1) is 8.99 Å². The van der Waals surface area contributed by atoms with E-state index in [-0.39, 0.29) is 17.2 Å². The molecule has 1 aliphatic rings. The zero-order valence-corrected chi connectivity index (χ0v) is 14.1. The molecule has 0 saturated carbocycles. The molecule has 2 amide bonds. The first kappa shape index (κ1) is 15.3. The predicted molar refractivity (Wildman–Crippen MR) is 87.5 cm³/mol. The second-order valence-electron chi connectivity index (χ2n) is 6.09. The summed E-state index contributed by atoms with van der Waals surface area (Å²) in [6.07, 6.45) is 0.337. The summed E-state index contributed by atoms with van der Waals surface area (Å²) in [5.41, 5.74) is 0.546. The minimum Gasteiger partial charge on any atom is -0.344 e. The molecule has 5 heteroatoms. The number of nitrogens with zero attached hydrogens (tertiary/aromatic N) is 1. The number of benzene rings is 1. The molecule has 1 atom stereocenters. The average Bonchev–Trinajstić information content (AvgIpc) is 2.49. The Morgan fingerprint density at radius 2 is 2.00 bits per heavy atom. The normalized spacial score (nSPS) is 20.6. The molecule has 1 saturated heterocycles. The van der Waals surface area contributed by atoms with E-state index in [1.54, 1.807) is 4.90 Å². The van der Waals surface area contributed by atoms with E-state index in [4.69, 9.17) is 0 Å². The Morgan fingerprint density at radius 3 is 2.60 bits per heavy atom. The van der Waals surface area contributed by atoms with Gasteiger partial charge in [-0.1, -0.05) is 26.8 Å². The number of carbonyl (C=O) groups is 2. The van der Waals surface area contributed by atoms with Gasteiger partial charge in [-0.15, -0.1) is 0 Å². The maximum absolute atomic E-state index is 12.8. The summed E-state index contributed by atoms with van der Waals surface area (Å²) in [5.74, 6) is -0.100. The monoisotopic (exact) mass is 386 g/mol. The lowest BCUT2D eigenvalue weighted by molar-refractivity contribution is -0.127. The van der Waals surface area contributed by atoms with Gasteiger partial charge in [-0.2, -0.15) is 0 Å². The fourth-order valence-corrected chi connectivity index (χ4v) is 2.79. The maximum Gasteiger partial charge on any atom is 0.250 e. The third-order valence-electron chi connectivity index (χ3n) is 3.37. The highest BCUT2D eigenvalue weighted by Crippen LogP contribution is 2.26. The molecule has 108 valence electrons. The van der Waals surface area contributed by atoms with Gasteiger partial charge < -0.3 is 10.2 Å². The third-order valence-corrected chi connectivity index (χ3v) is 4.04. The Morgan fingerprint density at radius 1 is 1.30 bits per heavy atom. The highest BCUT2D eigenvalue weighted by atomic mass is 127. The van der Waals surface area contributed by atoms with Crippen molar-refractivity contribution >= 4 is 40.1 Å². The summed E-state index contributed by atoms with van der Waals surface area (Å²) in [6, 6.07) is 7.30. The molecule has 0 aliphatic carbocycles. The van der Waals surface area contributed by atoms with Crippen molar-refractivity contribution in [2.24, 2.45) is 5.41 Å². The number of hydrogen-bond acceptors (Lipinski definition) is 2. The largest absolute Gasteiger partial charge is 0.344 e. The van der Waals surface area contributed by atoms with Crippen LogP contribution in [0.2, 0.25) is 0 Å². The van der Waals surface area contributed by atoms with Gasteiger partial charge in [0.2, 0.25) is 11.8 Å². The fraction of sp³-hybridized carbons (Fsp3) is 0.467. The van der Waals surface area contributed by atoms with Crippen molar-refractivity contribution in [2.75, 3.05) is 11.4 Å². The van der Waals surface area contributed by atoms with Gasteiger partial charge in [0.05, 0.1) is 0 Å². The van der Waals surface area contributed by atoms with Crippen molar-refractivity contribution in [1.82, 2.24) is 5.32 Å². The summed E-state index contributed by atoms with van der Waals surface area (Å²) in [6.45, 7) is 6.33. The highest BCUT2D eigenvalue weighted by molar-refractivity contribution is 14.1. The smallest absolute Gasteiger partial charge is 0.250 e. The van der Waals surface area contributed by atoms with Gasteiger partial charge in [0.1, 0.15) is 6.04 Å². The van der Waals surface area contributed by atoms with E-state index in [9.17, 15) is 9.59 Å². The van der Waals surface area contributed by atoms with E-state index < -0.39 is 6.04 Å². The van der Waals surface area contributed by atoms with Crippen LogP contribution in [0.25, 0.3) is 0 Å². The number of amides is 2. The second kappa shape index (κ2) is 5.71. The first-order valence-corrected chi connectivity index (χ1v) is 7.73. The highest BCUT2D eigenvalue weighted by Gasteiger charge is 2.38. The second-order valence-corrected chi connectivity index (χ2v) is 7.33. The van der Waals surface area contributed by atoms with Gasteiger partial charge >= 0.3 is 0 Å². The molecular formula is C15H19IN2O2.